The first kappa shape index (κ1) is 49.2. The molecule has 0 radical (unpaired) electrons. The molecule has 0 amide bonds. The smallest absolute Gasteiger partial charge is 0.158 e. The van der Waals surface area contributed by atoms with Crippen molar-refractivity contribution in [3.63, 3.8) is 0 Å². The molecule has 2 aromatic carbocycles. The minimum absolute atomic E-state index is 0.290. The van der Waals surface area contributed by atoms with Crippen molar-refractivity contribution in [1.29, 1.82) is 0 Å². The molecule has 0 unspecified atom stereocenters. The van der Waals surface area contributed by atoms with Gasteiger partial charge in [-0.15, -0.1) is 0 Å². The lowest BCUT2D eigenvalue weighted by Gasteiger charge is -2.10. The zero-order valence-electron chi connectivity index (χ0n) is 42.9. The number of rotatable bonds is 14. The van der Waals surface area contributed by atoms with Gasteiger partial charge in [0.05, 0.1) is 59.2 Å². The standard InChI is InChI=1S/C27H30N6O3.C18H17ClN4O3.C8H13N3/c1-6-33-17(9-20(31-33)16-7-8-16)10-22-26-18-12-23(35-5)19(25-14(2)32-36-15(25)3)11-21(18)29-27(26)30-24(28-22)13-34-4;1-8-15(9(2)26-23-8)11-5-12-10(6-13(11)25-4)16-17(19)21-14(7-24-3)22-18(16)20-12;1-2-11-8(9)5-7(10-11)6-3-4-6/h9,11-12,16H,6-8,10,13H2,1-5H3,(H,28,29,30);5-6H,7H2,1-4H3,(H,20,21,22);5-6H,2-4,9H2,1H3. The highest BCUT2D eigenvalue weighted by Crippen LogP contribution is 2.44. The third kappa shape index (κ3) is 9.59. The Labute approximate surface area is 426 Å². The van der Waals surface area contributed by atoms with Crippen LogP contribution in [0.4, 0.5) is 5.82 Å². The normalized spacial score (nSPS) is 13.5. The Hall–Kier alpha value is -7.35. The number of aromatic nitrogens is 12. The number of nitrogens with two attached hydrogens (primary N) is 1. The summed E-state index contributed by atoms with van der Waals surface area (Å²) in [4.78, 5) is 25.4. The molecule has 8 aromatic heterocycles. The Morgan fingerprint density at radius 2 is 1.14 bits per heavy atom. The Bertz CT molecular complexity index is 3610. The molecule has 0 atom stereocenters. The zero-order chi connectivity index (χ0) is 51.2. The van der Waals surface area contributed by atoms with Crippen molar-refractivity contribution in [3.05, 3.63) is 98.9 Å². The number of methoxy groups -OCH3 is 4. The van der Waals surface area contributed by atoms with Gasteiger partial charge in [0.25, 0.3) is 0 Å². The van der Waals surface area contributed by atoms with Crippen LogP contribution in [0.25, 0.3) is 66.1 Å². The van der Waals surface area contributed by atoms with Gasteiger partial charge in [0, 0.05) is 95.6 Å². The van der Waals surface area contributed by atoms with Crippen molar-refractivity contribution in [2.24, 2.45) is 0 Å². The summed E-state index contributed by atoms with van der Waals surface area (Å²) >= 11 is 6.41. The number of fused-ring (bicyclic) bond motifs is 6. The topological polar surface area (TPSA) is 234 Å². The van der Waals surface area contributed by atoms with E-state index < -0.39 is 0 Å². The number of nitrogen functional groups attached to an aromatic ring is 1. The van der Waals surface area contributed by atoms with Gasteiger partial charge in [-0.1, -0.05) is 21.9 Å². The second kappa shape index (κ2) is 20.3. The van der Waals surface area contributed by atoms with Gasteiger partial charge in [-0.25, -0.2) is 19.9 Å². The molecule has 73 heavy (non-hydrogen) atoms. The monoisotopic (exact) mass is 1010 g/mol. The minimum atomic E-state index is 0.290. The number of ether oxygens (including phenoxy) is 4. The number of aromatic amines is 2. The first-order valence-corrected chi connectivity index (χ1v) is 24.9. The van der Waals surface area contributed by atoms with Gasteiger partial charge < -0.3 is 43.7 Å². The number of hydrogen-bond acceptors (Lipinski definition) is 15. The van der Waals surface area contributed by atoms with Crippen LogP contribution in [0, 0.1) is 27.7 Å². The van der Waals surface area contributed by atoms with E-state index in [2.05, 4.69) is 72.1 Å². The van der Waals surface area contributed by atoms with E-state index in [1.165, 1.54) is 37.1 Å². The highest BCUT2D eigenvalue weighted by atomic mass is 35.5. The third-order valence-corrected chi connectivity index (χ3v) is 13.7. The molecule has 19 nitrogen and oxygen atoms in total. The van der Waals surface area contributed by atoms with Crippen molar-refractivity contribution in [2.45, 2.75) is 112 Å². The molecule has 4 N–H and O–H groups in total. The molecule has 2 saturated carbocycles. The number of hydrogen-bond donors (Lipinski definition) is 3. The van der Waals surface area contributed by atoms with Crippen molar-refractivity contribution in [2.75, 3.05) is 34.2 Å². The summed E-state index contributed by atoms with van der Waals surface area (Å²) in [5, 5.41) is 21.4. The summed E-state index contributed by atoms with van der Waals surface area (Å²) < 4.78 is 36.6. The molecule has 380 valence electrons. The highest BCUT2D eigenvalue weighted by molar-refractivity contribution is 6.36. The van der Waals surface area contributed by atoms with E-state index in [1.54, 1.807) is 28.4 Å². The number of halogens is 1. The lowest BCUT2D eigenvalue weighted by Crippen LogP contribution is -2.07. The van der Waals surface area contributed by atoms with Crippen molar-refractivity contribution >= 4 is 61.3 Å². The maximum Gasteiger partial charge on any atom is 0.158 e. The second-order valence-electron chi connectivity index (χ2n) is 18.6. The predicted octanol–water partition coefficient (Wildman–Crippen LogP) is 10.8. The molecule has 20 heteroatoms. The van der Waals surface area contributed by atoms with E-state index in [4.69, 9.17) is 60.4 Å². The zero-order valence-corrected chi connectivity index (χ0v) is 43.6. The van der Waals surface area contributed by atoms with Crippen LogP contribution in [0.15, 0.2) is 45.4 Å². The van der Waals surface area contributed by atoms with E-state index in [0.29, 0.717) is 59.7 Å². The maximum absolute atomic E-state index is 6.41. The molecule has 0 saturated heterocycles. The van der Waals surface area contributed by atoms with Crippen LogP contribution in [-0.4, -0.2) is 88.2 Å². The van der Waals surface area contributed by atoms with Crippen molar-refractivity contribution in [3.8, 4) is 33.8 Å². The molecule has 0 bridgehead atoms. The molecule has 8 heterocycles. The van der Waals surface area contributed by atoms with Crippen LogP contribution in [0.3, 0.4) is 0 Å². The summed E-state index contributed by atoms with van der Waals surface area (Å²) in [6, 6.07) is 12.3. The van der Waals surface area contributed by atoms with Crippen LogP contribution < -0.4 is 15.2 Å². The van der Waals surface area contributed by atoms with Crippen LogP contribution in [0.2, 0.25) is 5.15 Å². The van der Waals surface area contributed by atoms with E-state index in [9.17, 15) is 0 Å². The molecule has 12 rings (SSSR count). The molecule has 2 fully saturated rings. The number of nitrogens with zero attached hydrogens (tertiary/aromatic N) is 10. The van der Waals surface area contributed by atoms with Gasteiger partial charge >= 0.3 is 0 Å². The molecule has 0 spiro atoms. The number of H-pyrrole nitrogens is 2. The number of nitrogens with one attached hydrogen (secondary N) is 2. The van der Waals surface area contributed by atoms with Crippen molar-refractivity contribution < 1.29 is 28.0 Å². The van der Waals surface area contributed by atoms with Crippen LogP contribution in [-0.2, 0) is 42.2 Å². The largest absolute Gasteiger partial charge is 0.496 e. The second-order valence-corrected chi connectivity index (χ2v) is 18.9. The fourth-order valence-electron chi connectivity index (χ4n) is 9.68. The SMILES string of the molecule is CCn1nc(C2CC2)cc1Cc1nc(COC)nc2[nH]c3cc(-c4c(C)noc4C)c(OC)cc3c12.CCn1nc(C2CC2)cc1N.COCc1nc(Cl)c2c(n1)[nH]c1cc(-c3c(C)noc3C)c(OC)cc12. The van der Waals surface area contributed by atoms with E-state index in [-0.39, 0.29) is 0 Å². The van der Waals surface area contributed by atoms with Gasteiger partial charge in [0.2, 0.25) is 0 Å². The van der Waals surface area contributed by atoms with Gasteiger partial charge in [0.15, 0.2) is 11.6 Å². The van der Waals surface area contributed by atoms with Gasteiger partial charge in [-0.3, -0.25) is 9.36 Å². The molecular weight excluding hydrogens is 950 g/mol. The fraction of sp³-hybridized carbons (Fsp3) is 0.396. The summed E-state index contributed by atoms with van der Waals surface area (Å²) in [6.07, 6.45) is 5.70. The Kier molecular flexibility index (Phi) is 13.7. The summed E-state index contributed by atoms with van der Waals surface area (Å²) in [7, 11) is 6.57. The first-order valence-electron chi connectivity index (χ1n) is 24.5. The van der Waals surface area contributed by atoms with E-state index in [1.807, 2.05) is 50.6 Å². The predicted molar refractivity (Wildman–Crippen MR) is 279 cm³/mol. The lowest BCUT2D eigenvalue weighted by molar-refractivity contribution is 0.178. The van der Waals surface area contributed by atoms with Crippen LogP contribution in [0.5, 0.6) is 11.5 Å². The molecule has 2 aliphatic rings. The number of anilines is 1. The average molecular weight is 1010 g/mol. The highest BCUT2D eigenvalue weighted by Gasteiger charge is 2.29. The minimum Gasteiger partial charge on any atom is -0.496 e. The van der Waals surface area contributed by atoms with Gasteiger partial charge in [-0.05, 0) is 97.6 Å². The molecule has 0 aliphatic heterocycles. The molecular formula is C53H60ClN13O6. The van der Waals surface area contributed by atoms with Crippen LogP contribution in [0.1, 0.15) is 109 Å². The van der Waals surface area contributed by atoms with Gasteiger partial charge in [-0.2, -0.15) is 10.2 Å². The van der Waals surface area contributed by atoms with Gasteiger partial charge in [0.1, 0.15) is 58.5 Å². The van der Waals surface area contributed by atoms with Crippen LogP contribution >= 0.6 is 11.6 Å². The Balaban J connectivity index is 0.000000143. The third-order valence-electron chi connectivity index (χ3n) is 13.5. The Morgan fingerprint density at radius 3 is 1.60 bits per heavy atom. The number of benzene rings is 2. The quantitative estimate of drug-likeness (QED) is 0.0860. The lowest BCUT2D eigenvalue weighted by atomic mass is 10.00. The average Bonchev–Trinajstić information content (AvgIpc) is 4.17. The summed E-state index contributed by atoms with van der Waals surface area (Å²) in [5.41, 5.74) is 18.8. The maximum atomic E-state index is 6.41. The fourth-order valence-corrected chi connectivity index (χ4v) is 9.97. The first-order chi connectivity index (χ1) is 35.3. The summed E-state index contributed by atoms with van der Waals surface area (Å²) in [5.74, 6) is 6.22. The molecule has 2 aliphatic carbocycles. The van der Waals surface area contributed by atoms with Crippen molar-refractivity contribution in [1.82, 2.24) is 59.8 Å². The van der Waals surface area contributed by atoms with E-state index in [0.717, 1.165) is 119 Å². The molecule has 10 aromatic rings. The number of aryl methyl sites for hydroxylation is 6. The summed E-state index contributed by atoms with van der Waals surface area (Å²) in [6.45, 7) is 14.1. The Morgan fingerprint density at radius 1 is 0.644 bits per heavy atom. The van der Waals surface area contributed by atoms with E-state index >= 15 is 0 Å².